The van der Waals surface area contributed by atoms with Gasteiger partial charge in [0.2, 0.25) is 0 Å². The summed E-state index contributed by atoms with van der Waals surface area (Å²) in [5, 5.41) is 3.04. The van der Waals surface area contributed by atoms with Gasteiger partial charge in [0.25, 0.3) is 5.91 Å². The van der Waals surface area contributed by atoms with Crippen LogP contribution < -0.4 is 5.32 Å². The van der Waals surface area contributed by atoms with Crippen molar-refractivity contribution < 1.29 is 4.79 Å². The van der Waals surface area contributed by atoms with E-state index in [4.69, 9.17) is 0 Å². The maximum Gasteiger partial charge on any atom is 0.251 e. The first-order valence-corrected chi connectivity index (χ1v) is 7.41. The van der Waals surface area contributed by atoms with Crippen LogP contribution >= 0.6 is 15.9 Å². The van der Waals surface area contributed by atoms with Crippen LogP contribution in [0, 0.1) is 13.8 Å². The minimum Gasteiger partial charge on any atom is -0.346 e. The van der Waals surface area contributed by atoms with E-state index >= 15 is 0 Å². The molecular formula is C17H18BrNO. The van der Waals surface area contributed by atoms with Crippen molar-refractivity contribution in [2.45, 2.75) is 26.8 Å². The number of benzene rings is 2. The Labute approximate surface area is 128 Å². The number of carbonyl (C=O) groups is 1. The van der Waals surface area contributed by atoms with Crippen LogP contribution in [0.5, 0.6) is 0 Å². The highest BCUT2D eigenvalue weighted by atomic mass is 79.9. The molecule has 0 heterocycles. The molecule has 0 saturated heterocycles. The van der Waals surface area contributed by atoms with Crippen molar-refractivity contribution in [1.29, 1.82) is 0 Å². The predicted molar refractivity (Wildman–Crippen MR) is 85.9 cm³/mol. The van der Waals surface area contributed by atoms with Crippen molar-refractivity contribution in [2.75, 3.05) is 0 Å². The van der Waals surface area contributed by atoms with Crippen molar-refractivity contribution in [3.8, 4) is 0 Å². The van der Waals surface area contributed by atoms with Crippen molar-refractivity contribution in [3.05, 3.63) is 69.2 Å². The van der Waals surface area contributed by atoms with E-state index in [-0.39, 0.29) is 11.9 Å². The van der Waals surface area contributed by atoms with Crippen LogP contribution in [-0.4, -0.2) is 5.91 Å². The van der Waals surface area contributed by atoms with E-state index < -0.39 is 0 Å². The number of rotatable bonds is 3. The van der Waals surface area contributed by atoms with Crippen LogP contribution in [0.4, 0.5) is 0 Å². The fourth-order valence-electron chi connectivity index (χ4n) is 2.16. The average molecular weight is 332 g/mol. The molecule has 1 N–H and O–H groups in total. The second-order valence-corrected chi connectivity index (χ2v) is 5.87. The molecule has 0 fully saturated rings. The number of nitrogens with one attached hydrogen (secondary N) is 1. The van der Waals surface area contributed by atoms with Crippen LogP contribution in [0.1, 0.15) is 40.0 Å². The molecule has 1 atom stereocenters. The van der Waals surface area contributed by atoms with E-state index in [0.717, 1.165) is 15.6 Å². The van der Waals surface area contributed by atoms with Crippen LogP contribution in [0.25, 0.3) is 0 Å². The van der Waals surface area contributed by atoms with Gasteiger partial charge in [-0.15, -0.1) is 0 Å². The predicted octanol–water partition coefficient (Wildman–Crippen LogP) is 4.56. The summed E-state index contributed by atoms with van der Waals surface area (Å²) in [5.74, 6) is -0.0542. The second-order valence-electron chi connectivity index (χ2n) is 5.02. The van der Waals surface area contributed by atoms with Gasteiger partial charge in [-0.25, -0.2) is 0 Å². The summed E-state index contributed by atoms with van der Waals surface area (Å²) in [6, 6.07) is 13.7. The Kier molecular flexibility index (Phi) is 4.61. The lowest BCUT2D eigenvalue weighted by molar-refractivity contribution is 0.0940. The van der Waals surface area contributed by atoms with Gasteiger partial charge in [-0.3, -0.25) is 4.79 Å². The Morgan fingerprint density at radius 3 is 2.45 bits per heavy atom. The zero-order chi connectivity index (χ0) is 14.7. The Balaban J connectivity index is 2.15. The number of hydrogen-bond acceptors (Lipinski definition) is 1. The summed E-state index contributed by atoms with van der Waals surface area (Å²) >= 11 is 3.46. The van der Waals surface area contributed by atoms with Crippen LogP contribution in [0.15, 0.2) is 46.9 Å². The molecule has 0 aromatic heterocycles. The highest BCUT2D eigenvalue weighted by molar-refractivity contribution is 9.10. The Bertz CT molecular complexity index is 637. The molecule has 104 valence electrons. The molecule has 2 aromatic carbocycles. The van der Waals surface area contributed by atoms with Crippen LogP contribution in [0.3, 0.4) is 0 Å². The molecule has 0 bridgehead atoms. The lowest BCUT2D eigenvalue weighted by Gasteiger charge is -2.16. The van der Waals surface area contributed by atoms with Crippen molar-refractivity contribution in [2.24, 2.45) is 0 Å². The Morgan fingerprint density at radius 2 is 1.80 bits per heavy atom. The van der Waals surface area contributed by atoms with Gasteiger partial charge in [-0.05, 0) is 49.6 Å². The molecule has 0 spiro atoms. The van der Waals surface area contributed by atoms with Crippen molar-refractivity contribution in [3.63, 3.8) is 0 Å². The standard InChI is InChI=1S/C17H18BrNO/c1-11-6-4-5-7-15(11)13(3)19-17(20)14-9-8-12(2)16(18)10-14/h4-10,13H,1-3H3,(H,19,20). The van der Waals surface area contributed by atoms with E-state index in [9.17, 15) is 4.79 Å². The maximum atomic E-state index is 12.3. The minimum atomic E-state index is -0.0542. The molecule has 2 rings (SSSR count). The lowest BCUT2D eigenvalue weighted by Crippen LogP contribution is -2.27. The molecule has 1 unspecified atom stereocenters. The SMILES string of the molecule is Cc1ccc(C(=O)NC(C)c2ccccc2C)cc1Br. The van der Waals surface area contributed by atoms with E-state index in [1.165, 1.54) is 5.56 Å². The number of carbonyl (C=O) groups excluding carboxylic acids is 1. The monoisotopic (exact) mass is 331 g/mol. The van der Waals surface area contributed by atoms with Crippen LogP contribution in [0.2, 0.25) is 0 Å². The summed E-state index contributed by atoms with van der Waals surface area (Å²) in [6.07, 6.45) is 0. The Morgan fingerprint density at radius 1 is 1.10 bits per heavy atom. The fourth-order valence-corrected chi connectivity index (χ4v) is 2.54. The van der Waals surface area contributed by atoms with Gasteiger partial charge in [0.05, 0.1) is 6.04 Å². The second kappa shape index (κ2) is 6.23. The number of hydrogen-bond donors (Lipinski definition) is 1. The van der Waals surface area contributed by atoms with Gasteiger partial charge < -0.3 is 5.32 Å². The first-order chi connectivity index (χ1) is 9.49. The van der Waals surface area contributed by atoms with Crippen molar-refractivity contribution in [1.82, 2.24) is 5.32 Å². The zero-order valence-corrected chi connectivity index (χ0v) is 13.5. The minimum absolute atomic E-state index is 0.0104. The molecular weight excluding hydrogens is 314 g/mol. The fraction of sp³-hybridized carbons (Fsp3) is 0.235. The average Bonchev–Trinajstić information content (AvgIpc) is 2.42. The number of halogens is 1. The quantitative estimate of drug-likeness (QED) is 0.877. The van der Waals surface area contributed by atoms with E-state index in [2.05, 4.69) is 34.2 Å². The number of aryl methyl sites for hydroxylation is 2. The molecule has 3 heteroatoms. The van der Waals surface area contributed by atoms with E-state index in [1.807, 2.05) is 50.2 Å². The lowest BCUT2D eigenvalue weighted by atomic mass is 10.0. The van der Waals surface area contributed by atoms with Gasteiger partial charge in [-0.1, -0.05) is 46.3 Å². The molecule has 0 aliphatic rings. The van der Waals surface area contributed by atoms with Gasteiger partial charge in [0.1, 0.15) is 0 Å². The highest BCUT2D eigenvalue weighted by Gasteiger charge is 2.13. The van der Waals surface area contributed by atoms with Gasteiger partial charge in [-0.2, -0.15) is 0 Å². The molecule has 20 heavy (non-hydrogen) atoms. The first-order valence-electron chi connectivity index (χ1n) is 6.61. The topological polar surface area (TPSA) is 29.1 Å². The van der Waals surface area contributed by atoms with Gasteiger partial charge >= 0.3 is 0 Å². The van der Waals surface area contributed by atoms with Crippen molar-refractivity contribution >= 4 is 21.8 Å². The van der Waals surface area contributed by atoms with E-state index in [1.54, 1.807) is 0 Å². The summed E-state index contributed by atoms with van der Waals surface area (Å²) in [6.45, 7) is 6.06. The summed E-state index contributed by atoms with van der Waals surface area (Å²) in [4.78, 5) is 12.3. The zero-order valence-electron chi connectivity index (χ0n) is 11.9. The first kappa shape index (κ1) is 14.8. The smallest absolute Gasteiger partial charge is 0.251 e. The molecule has 0 aliphatic carbocycles. The maximum absolute atomic E-state index is 12.3. The summed E-state index contributed by atoms with van der Waals surface area (Å²) < 4.78 is 0.952. The molecule has 2 aromatic rings. The molecule has 0 saturated carbocycles. The molecule has 0 radical (unpaired) electrons. The molecule has 0 aliphatic heterocycles. The molecule has 2 nitrogen and oxygen atoms in total. The Hall–Kier alpha value is -1.61. The normalized spacial score (nSPS) is 12.0. The summed E-state index contributed by atoms with van der Waals surface area (Å²) in [5.41, 5.74) is 4.12. The third-order valence-corrected chi connectivity index (χ3v) is 4.29. The van der Waals surface area contributed by atoms with Gasteiger partial charge in [0, 0.05) is 10.0 Å². The van der Waals surface area contributed by atoms with E-state index in [0.29, 0.717) is 5.56 Å². The van der Waals surface area contributed by atoms with Gasteiger partial charge in [0.15, 0.2) is 0 Å². The molecule has 1 amide bonds. The van der Waals surface area contributed by atoms with Crippen LogP contribution in [-0.2, 0) is 0 Å². The third kappa shape index (κ3) is 3.28. The largest absolute Gasteiger partial charge is 0.346 e. The highest BCUT2D eigenvalue weighted by Crippen LogP contribution is 2.20. The number of amides is 1. The third-order valence-electron chi connectivity index (χ3n) is 3.44. The summed E-state index contributed by atoms with van der Waals surface area (Å²) in [7, 11) is 0.